The van der Waals surface area contributed by atoms with Gasteiger partial charge in [0, 0.05) is 22.9 Å². The number of halogens is 3. The Morgan fingerprint density at radius 2 is 1.59 bits per heavy atom. The van der Waals surface area contributed by atoms with E-state index >= 15 is 0 Å². The average Bonchev–Trinajstić information content (AvgIpc) is 3.51. The largest absolute Gasteiger partial charge is 0.338 e. The van der Waals surface area contributed by atoms with Crippen LogP contribution < -0.4 is 11.1 Å². The number of anilines is 2. The van der Waals surface area contributed by atoms with Crippen LogP contribution in [0.1, 0.15) is 24.8 Å². The Bertz CT molecular complexity index is 1830. The Hall–Kier alpha value is -3.46. The van der Waals surface area contributed by atoms with Crippen LogP contribution >= 0.6 is 48.6 Å². The zero-order valence-electron chi connectivity index (χ0n) is 21.8. The van der Waals surface area contributed by atoms with Crippen LogP contribution in [0.3, 0.4) is 0 Å². The summed E-state index contributed by atoms with van der Waals surface area (Å²) in [4.78, 5) is 15.0. The number of nitrogens with zero attached hydrogens (tertiary/aromatic N) is 4. The lowest BCUT2D eigenvalue weighted by Crippen LogP contribution is -2.43. The number of rotatable bonds is 3. The highest BCUT2D eigenvalue weighted by atomic mass is 35.5. The van der Waals surface area contributed by atoms with Crippen molar-refractivity contribution in [1.82, 2.24) is 19.5 Å². The lowest BCUT2D eigenvalue weighted by Gasteiger charge is -2.38. The van der Waals surface area contributed by atoms with Gasteiger partial charge in [-0.05, 0) is 61.2 Å². The molecule has 0 spiro atoms. The van der Waals surface area contributed by atoms with E-state index in [0.29, 0.717) is 0 Å². The summed E-state index contributed by atoms with van der Waals surface area (Å²) in [5.74, 6) is 1.66. The maximum atomic E-state index is 6.66. The van der Waals surface area contributed by atoms with E-state index in [4.69, 9.17) is 20.7 Å². The molecule has 4 heterocycles. The number of aromatic nitrogens is 4. The molecule has 3 aromatic heterocycles. The molecule has 10 heteroatoms. The minimum absolute atomic E-state index is 0. The van der Waals surface area contributed by atoms with Gasteiger partial charge in [0.25, 0.3) is 0 Å². The normalized spacial score (nSPS) is 14.0. The second-order valence-corrected chi connectivity index (χ2v) is 11.1. The van der Waals surface area contributed by atoms with Gasteiger partial charge in [0.05, 0.1) is 27.3 Å². The molecule has 0 bridgehead atoms. The minimum Gasteiger partial charge on any atom is -0.338 e. The molecule has 1 saturated carbocycles. The van der Waals surface area contributed by atoms with Gasteiger partial charge in [-0.1, -0.05) is 48.5 Å². The molecule has 6 nitrogen and oxygen atoms in total. The van der Waals surface area contributed by atoms with Crippen molar-refractivity contribution in [3.8, 4) is 39.0 Å². The average molecular weight is 622 g/mol. The number of imidazole rings is 1. The van der Waals surface area contributed by atoms with E-state index in [1.54, 1.807) is 11.3 Å². The van der Waals surface area contributed by atoms with Crippen molar-refractivity contribution < 1.29 is 0 Å². The highest BCUT2D eigenvalue weighted by molar-refractivity contribution is 7.21. The topological polar surface area (TPSA) is 81.7 Å². The van der Waals surface area contributed by atoms with Crippen LogP contribution in [0.5, 0.6) is 0 Å². The number of para-hydroxylation sites is 2. The van der Waals surface area contributed by atoms with Crippen molar-refractivity contribution in [2.24, 2.45) is 5.73 Å². The van der Waals surface area contributed by atoms with Gasteiger partial charge in [-0.3, -0.25) is 4.57 Å². The molecule has 1 aliphatic carbocycles. The first-order valence-corrected chi connectivity index (χ1v) is 13.7. The SMILES string of the molecule is Cl.Cl.Cl.NC1(c2ccc(-c3c(-c4nc5ccccc5s4)nc4n3-c3cccnc3Nc3ccccc3-4)cc2)CCC1. The van der Waals surface area contributed by atoms with Crippen molar-refractivity contribution in [3.05, 3.63) is 96.7 Å². The summed E-state index contributed by atoms with van der Waals surface area (Å²) in [5.41, 5.74) is 14.5. The van der Waals surface area contributed by atoms with Gasteiger partial charge in [-0.25, -0.2) is 15.0 Å². The summed E-state index contributed by atoms with van der Waals surface area (Å²) in [6, 6.07) is 29.3. The molecule has 0 saturated heterocycles. The summed E-state index contributed by atoms with van der Waals surface area (Å²) in [5, 5.41) is 4.44. The number of fused-ring (bicyclic) bond motifs is 6. The maximum Gasteiger partial charge on any atom is 0.154 e. The lowest BCUT2D eigenvalue weighted by atomic mass is 9.72. The first-order valence-electron chi connectivity index (χ1n) is 12.9. The number of hydrogen-bond acceptors (Lipinski definition) is 6. The molecule has 41 heavy (non-hydrogen) atoms. The van der Waals surface area contributed by atoms with Gasteiger partial charge in [-0.15, -0.1) is 48.6 Å². The van der Waals surface area contributed by atoms with Crippen molar-refractivity contribution in [2.75, 3.05) is 5.32 Å². The number of pyridine rings is 1. The van der Waals surface area contributed by atoms with Crippen molar-refractivity contribution in [3.63, 3.8) is 0 Å². The predicted molar refractivity (Wildman–Crippen MR) is 176 cm³/mol. The first kappa shape index (κ1) is 29.0. The van der Waals surface area contributed by atoms with Gasteiger partial charge >= 0.3 is 0 Å². The third-order valence-electron chi connectivity index (χ3n) is 7.80. The molecule has 2 aliphatic rings. The van der Waals surface area contributed by atoms with Crippen LogP contribution in [-0.2, 0) is 5.54 Å². The van der Waals surface area contributed by atoms with Crippen LogP contribution in [0.4, 0.5) is 11.5 Å². The summed E-state index contributed by atoms with van der Waals surface area (Å²) in [7, 11) is 0. The standard InChI is InChI=1S/C31H24N6S.3ClH/c32-31(16-6-17-31)20-14-12-19(13-15-20)27-26(30-35-23-9-3-4-11-25(23)38-30)36-29-21-7-1-2-8-22(21)34-28-24(37(27)29)10-5-18-33-28;;;/h1-5,7-15,18H,6,16-17,32H2,(H,33,34);3*1H. The lowest BCUT2D eigenvalue weighted by molar-refractivity contribution is 0.253. The van der Waals surface area contributed by atoms with E-state index in [0.717, 1.165) is 73.6 Å². The second-order valence-electron chi connectivity index (χ2n) is 10.1. The molecule has 6 aromatic rings. The van der Waals surface area contributed by atoms with Crippen LogP contribution in [0.15, 0.2) is 91.1 Å². The van der Waals surface area contributed by atoms with Crippen LogP contribution in [-0.4, -0.2) is 19.5 Å². The Kier molecular flexibility index (Phi) is 7.85. The zero-order valence-corrected chi connectivity index (χ0v) is 25.0. The van der Waals surface area contributed by atoms with Crippen molar-refractivity contribution in [1.29, 1.82) is 0 Å². The number of nitrogens with one attached hydrogen (secondary N) is 1. The van der Waals surface area contributed by atoms with Crippen LogP contribution in [0, 0.1) is 0 Å². The molecular weight excluding hydrogens is 595 g/mol. The van der Waals surface area contributed by atoms with E-state index < -0.39 is 0 Å². The fourth-order valence-corrected chi connectivity index (χ4v) is 6.58. The van der Waals surface area contributed by atoms with Crippen molar-refractivity contribution >= 4 is 70.3 Å². The Labute approximate surface area is 260 Å². The molecule has 208 valence electrons. The molecule has 0 amide bonds. The predicted octanol–water partition coefficient (Wildman–Crippen LogP) is 8.54. The monoisotopic (exact) mass is 620 g/mol. The van der Waals surface area contributed by atoms with E-state index in [1.165, 1.54) is 12.0 Å². The van der Waals surface area contributed by atoms with E-state index in [9.17, 15) is 0 Å². The van der Waals surface area contributed by atoms with E-state index in [1.807, 2.05) is 30.5 Å². The molecule has 3 N–H and O–H groups in total. The highest BCUT2D eigenvalue weighted by Crippen LogP contribution is 2.46. The third kappa shape index (κ3) is 4.58. The molecule has 0 radical (unpaired) electrons. The van der Waals surface area contributed by atoms with Gasteiger partial charge in [0.15, 0.2) is 5.82 Å². The molecule has 1 aliphatic heterocycles. The summed E-state index contributed by atoms with van der Waals surface area (Å²) < 4.78 is 3.38. The van der Waals surface area contributed by atoms with Gasteiger partial charge in [0.2, 0.25) is 0 Å². The van der Waals surface area contributed by atoms with Crippen molar-refractivity contribution in [2.45, 2.75) is 24.8 Å². The molecule has 0 unspecified atom stereocenters. The highest BCUT2D eigenvalue weighted by Gasteiger charge is 2.35. The molecule has 3 aromatic carbocycles. The second kappa shape index (κ2) is 11.1. The summed E-state index contributed by atoms with van der Waals surface area (Å²) >= 11 is 1.67. The smallest absolute Gasteiger partial charge is 0.154 e. The van der Waals surface area contributed by atoms with Crippen LogP contribution in [0.25, 0.3) is 49.3 Å². The number of benzene rings is 3. The van der Waals surface area contributed by atoms with Gasteiger partial charge in [-0.2, -0.15) is 0 Å². The van der Waals surface area contributed by atoms with Gasteiger partial charge in [0.1, 0.15) is 16.5 Å². The minimum atomic E-state index is -0.206. The fraction of sp³-hybridized carbons (Fsp3) is 0.129. The fourth-order valence-electron chi connectivity index (χ4n) is 5.62. The van der Waals surface area contributed by atoms with Gasteiger partial charge < -0.3 is 11.1 Å². The molecule has 8 rings (SSSR count). The quantitative estimate of drug-likeness (QED) is 0.207. The Balaban J connectivity index is 0.00000112. The molecule has 1 fully saturated rings. The third-order valence-corrected chi connectivity index (χ3v) is 8.84. The van der Waals surface area contributed by atoms with Crippen LogP contribution in [0.2, 0.25) is 0 Å². The molecular formula is C31H27Cl3N6S. The van der Waals surface area contributed by atoms with E-state index in [-0.39, 0.29) is 42.8 Å². The molecule has 0 atom stereocenters. The first-order chi connectivity index (χ1) is 18.7. The Morgan fingerprint density at radius 1 is 0.829 bits per heavy atom. The number of thiazole rings is 1. The maximum absolute atomic E-state index is 6.66. The number of nitrogens with two attached hydrogens (primary N) is 1. The van der Waals surface area contributed by atoms with E-state index in [2.05, 4.69) is 70.5 Å². The zero-order chi connectivity index (χ0) is 25.3. The summed E-state index contributed by atoms with van der Waals surface area (Å²) in [6.07, 6.45) is 5.07. The number of hydrogen-bond donors (Lipinski definition) is 2. The summed E-state index contributed by atoms with van der Waals surface area (Å²) in [6.45, 7) is 0. The Morgan fingerprint density at radius 3 is 2.34 bits per heavy atom.